The summed E-state index contributed by atoms with van der Waals surface area (Å²) in [6.45, 7) is 4.55. The third-order valence-electron chi connectivity index (χ3n) is 3.21. The van der Waals surface area contributed by atoms with Gasteiger partial charge in [-0.05, 0) is 12.5 Å². The summed E-state index contributed by atoms with van der Waals surface area (Å²) in [6.07, 6.45) is 0.436. The van der Waals surface area contributed by atoms with E-state index in [1.165, 1.54) is 22.5 Å². The molecule has 0 radical (unpaired) electrons. The van der Waals surface area contributed by atoms with Crippen LogP contribution in [0.25, 0.3) is 0 Å². The molecule has 0 amide bonds. The van der Waals surface area contributed by atoms with Gasteiger partial charge in [0.05, 0.1) is 17.7 Å². The molecule has 1 aromatic heterocycles. The molecule has 0 fully saturated rings. The van der Waals surface area contributed by atoms with E-state index in [0.29, 0.717) is 29.3 Å². The molecule has 21 heavy (non-hydrogen) atoms. The zero-order valence-corrected chi connectivity index (χ0v) is 13.3. The van der Waals surface area contributed by atoms with Crippen LogP contribution in [0, 0.1) is 6.92 Å². The van der Waals surface area contributed by atoms with Crippen molar-refractivity contribution < 1.29 is 9.53 Å². The molecular formula is C16H20N2O2S. The van der Waals surface area contributed by atoms with E-state index in [1.807, 2.05) is 13.0 Å². The predicted molar refractivity (Wildman–Crippen MR) is 88.4 cm³/mol. The normalized spacial score (nSPS) is 10.4. The quantitative estimate of drug-likeness (QED) is 0.796. The molecule has 0 aliphatic carbocycles. The summed E-state index contributed by atoms with van der Waals surface area (Å²) < 4.78 is 5.33. The Morgan fingerprint density at radius 3 is 2.81 bits per heavy atom. The summed E-state index contributed by atoms with van der Waals surface area (Å²) in [5, 5.41) is 4.11. The van der Waals surface area contributed by atoms with Crippen molar-refractivity contribution in [1.82, 2.24) is 0 Å². The molecule has 0 bridgehead atoms. The Balaban J connectivity index is 2.21. The highest BCUT2D eigenvalue weighted by atomic mass is 32.1. The number of thiophene rings is 1. The Hall–Kier alpha value is -2.01. The number of nitrogens with one attached hydrogen (secondary N) is 1. The number of hydrogen-bond donors (Lipinski definition) is 2. The van der Waals surface area contributed by atoms with Gasteiger partial charge < -0.3 is 15.8 Å². The highest BCUT2D eigenvalue weighted by Gasteiger charge is 2.20. The second-order valence-electron chi connectivity index (χ2n) is 4.83. The molecular weight excluding hydrogens is 284 g/mol. The molecule has 0 spiro atoms. The first-order valence-corrected chi connectivity index (χ1v) is 7.67. The number of methoxy groups -OCH3 is 1. The lowest BCUT2D eigenvalue weighted by atomic mass is 10.1. The minimum atomic E-state index is 0.0411. The fourth-order valence-corrected chi connectivity index (χ4v) is 3.22. The number of nitrogens with two attached hydrogens (primary N) is 1. The van der Waals surface area contributed by atoms with Crippen LogP contribution in [-0.2, 0) is 6.54 Å². The van der Waals surface area contributed by atoms with Gasteiger partial charge in [-0.3, -0.25) is 4.79 Å². The molecule has 0 unspecified atom stereocenters. The van der Waals surface area contributed by atoms with Gasteiger partial charge in [0.2, 0.25) is 0 Å². The molecule has 3 N–H and O–H groups in total. The topological polar surface area (TPSA) is 64.3 Å². The average molecular weight is 304 g/mol. The van der Waals surface area contributed by atoms with Gasteiger partial charge in [0.1, 0.15) is 5.00 Å². The lowest BCUT2D eigenvalue weighted by molar-refractivity contribution is 0.0992. The van der Waals surface area contributed by atoms with Gasteiger partial charge >= 0.3 is 0 Å². The molecule has 5 heteroatoms. The van der Waals surface area contributed by atoms with Crippen LogP contribution >= 0.6 is 11.3 Å². The van der Waals surface area contributed by atoms with Crippen LogP contribution in [0.5, 0.6) is 5.75 Å². The second-order valence-corrected chi connectivity index (χ2v) is 5.85. The average Bonchev–Trinajstić information content (AvgIpc) is 2.80. The number of carbonyl (C=O) groups excluding carboxylic acids is 1. The molecule has 2 aromatic rings. The van der Waals surface area contributed by atoms with Crippen molar-refractivity contribution in [3.63, 3.8) is 0 Å². The number of anilines is 2. The van der Waals surface area contributed by atoms with Crippen LogP contribution < -0.4 is 15.8 Å². The molecule has 1 heterocycles. The largest absolute Gasteiger partial charge is 0.492 e. The number of nitrogen functional groups attached to an aromatic ring is 1. The van der Waals surface area contributed by atoms with E-state index < -0.39 is 0 Å². The van der Waals surface area contributed by atoms with Gasteiger partial charge in [0, 0.05) is 13.0 Å². The van der Waals surface area contributed by atoms with Gasteiger partial charge in [0.15, 0.2) is 11.5 Å². The first-order chi connectivity index (χ1) is 10.1. The summed E-state index contributed by atoms with van der Waals surface area (Å²) in [6, 6.07) is 8.26. The summed E-state index contributed by atoms with van der Waals surface area (Å²) in [5.74, 6) is 0.601. The fraction of sp³-hybridized carbons (Fsp3) is 0.312. The maximum absolute atomic E-state index is 11.9. The van der Waals surface area contributed by atoms with Gasteiger partial charge in [0.25, 0.3) is 0 Å². The highest BCUT2D eigenvalue weighted by Crippen LogP contribution is 2.43. The number of aryl methyl sites for hydroxylation is 1. The summed E-state index contributed by atoms with van der Waals surface area (Å²) >= 11 is 1.36. The van der Waals surface area contributed by atoms with E-state index in [1.54, 1.807) is 7.11 Å². The van der Waals surface area contributed by atoms with E-state index in [9.17, 15) is 4.79 Å². The Morgan fingerprint density at radius 1 is 1.43 bits per heavy atom. The van der Waals surface area contributed by atoms with Crippen molar-refractivity contribution in [2.24, 2.45) is 0 Å². The molecule has 1 aromatic carbocycles. The lowest BCUT2D eigenvalue weighted by Gasteiger charge is -2.07. The Labute approximate surface area is 128 Å². The molecule has 0 saturated heterocycles. The van der Waals surface area contributed by atoms with Crippen molar-refractivity contribution in [3.05, 3.63) is 40.3 Å². The molecule has 112 valence electrons. The SMILES string of the molecule is CCC(=O)c1sc(NCc2cccc(C)c2)c(OC)c1N. The van der Waals surface area contributed by atoms with Crippen molar-refractivity contribution in [3.8, 4) is 5.75 Å². The number of carbonyl (C=O) groups is 1. The van der Waals surface area contributed by atoms with E-state index in [0.717, 1.165) is 5.00 Å². The highest BCUT2D eigenvalue weighted by molar-refractivity contribution is 7.19. The maximum atomic E-state index is 11.9. The molecule has 0 aliphatic rings. The smallest absolute Gasteiger partial charge is 0.176 e. The fourth-order valence-electron chi connectivity index (χ4n) is 2.12. The van der Waals surface area contributed by atoms with Crippen molar-refractivity contribution in [2.45, 2.75) is 26.8 Å². The van der Waals surface area contributed by atoms with Gasteiger partial charge in [-0.1, -0.05) is 36.8 Å². The molecule has 0 atom stereocenters. The predicted octanol–water partition coefficient (Wildman–Crippen LogP) is 3.85. The Kier molecular flexibility index (Phi) is 4.85. The number of rotatable bonds is 6. The third-order valence-corrected chi connectivity index (χ3v) is 4.40. The van der Waals surface area contributed by atoms with Crippen LogP contribution in [0.1, 0.15) is 34.1 Å². The standard InChI is InChI=1S/C16H20N2O2S/c1-4-12(19)15-13(17)14(20-3)16(21-15)18-9-11-7-5-6-10(2)8-11/h5-8,18H,4,9,17H2,1-3H3. The monoisotopic (exact) mass is 304 g/mol. The molecule has 2 rings (SSSR count). The maximum Gasteiger partial charge on any atom is 0.176 e. The first-order valence-electron chi connectivity index (χ1n) is 6.85. The zero-order valence-electron chi connectivity index (χ0n) is 12.5. The van der Waals surface area contributed by atoms with Crippen molar-refractivity contribution >= 4 is 27.8 Å². The number of Topliss-reactive ketones (excluding diaryl/α,β-unsaturated/α-hetero) is 1. The summed E-state index contributed by atoms with van der Waals surface area (Å²) in [4.78, 5) is 12.5. The minimum absolute atomic E-state index is 0.0411. The first kappa shape index (κ1) is 15.4. The van der Waals surface area contributed by atoms with Gasteiger partial charge in [-0.2, -0.15) is 0 Å². The van der Waals surface area contributed by atoms with E-state index in [2.05, 4.69) is 30.4 Å². The third kappa shape index (κ3) is 3.36. The summed E-state index contributed by atoms with van der Waals surface area (Å²) in [7, 11) is 1.57. The van der Waals surface area contributed by atoms with Crippen LogP contribution in [0.4, 0.5) is 10.7 Å². The number of benzene rings is 1. The van der Waals surface area contributed by atoms with Crippen LogP contribution in [0.2, 0.25) is 0 Å². The molecule has 0 saturated carbocycles. The van der Waals surface area contributed by atoms with Crippen molar-refractivity contribution in [1.29, 1.82) is 0 Å². The lowest BCUT2D eigenvalue weighted by Crippen LogP contribution is -2.00. The summed E-state index contributed by atoms with van der Waals surface area (Å²) in [5.41, 5.74) is 8.83. The van der Waals surface area contributed by atoms with Gasteiger partial charge in [-0.15, -0.1) is 11.3 Å². The number of ketones is 1. The number of hydrogen-bond acceptors (Lipinski definition) is 5. The minimum Gasteiger partial charge on any atom is -0.492 e. The van der Waals surface area contributed by atoms with Gasteiger partial charge in [-0.25, -0.2) is 0 Å². The molecule has 0 aliphatic heterocycles. The van der Waals surface area contributed by atoms with E-state index in [4.69, 9.17) is 10.5 Å². The van der Waals surface area contributed by atoms with E-state index in [-0.39, 0.29) is 5.78 Å². The number of ether oxygens (including phenoxy) is 1. The Morgan fingerprint density at radius 2 is 2.19 bits per heavy atom. The van der Waals surface area contributed by atoms with Crippen LogP contribution in [0.3, 0.4) is 0 Å². The Bertz CT molecular complexity index is 650. The zero-order chi connectivity index (χ0) is 15.4. The van der Waals surface area contributed by atoms with Crippen molar-refractivity contribution in [2.75, 3.05) is 18.2 Å². The molecule has 4 nitrogen and oxygen atoms in total. The van der Waals surface area contributed by atoms with Crippen LogP contribution in [0.15, 0.2) is 24.3 Å². The van der Waals surface area contributed by atoms with E-state index >= 15 is 0 Å². The van der Waals surface area contributed by atoms with Crippen LogP contribution in [-0.4, -0.2) is 12.9 Å². The second kappa shape index (κ2) is 6.63.